The molecular formula is C5H12Cl2N2Pt. The third kappa shape index (κ3) is 5.93. The number of hydrogen-bond acceptors (Lipinski definition) is 2. The van der Waals surface area contributed by atoms with E-state index in [9.17, 15) is 0 Å². The van der Waals surface area contributed by atoms with E-state index in [4.69, 9.17) is 24.6 Å². The van der Waals surface area contributed by atoms with Gasteiger partial charge in [-0.25, -0.2) is 0 Å². The van der Waals surface area contributed by atoms with Crippen molar-refractivity contribution in [3.63, 3.8) is 0 Å². The second-order valence-electron chi connectivity index (χ2n) is 2.05. The number of nitrogens with zero attached hydrogens (tertiary/aromatic N) is 1. The van der Waals surface area contributed by atoms with Gasteiger partial charge in [-0.3, -0.25) is 4.90 Å². The average molecular weight is 366 g/mol. The summed E-state index contributed by atoms with van der Waals surface area (Å²) in [6, 6.07) is 0. The first-order valence-electron chi connectivity index (χ1n) is 3.10. The first-order chi connectivity index (χ1) is 4.85. The Hall–Kier alpha value is 1.19. The summed E-state index contributed by atoms with van der Waals surface area (Å²) in [6.45, 7) is 3.19. The minimum atomic E-state index is -0.472. The van der Waals surface area contributed by atoms with Crippen molar-refractivity contribution in [2.24, 2.45) is 5.73 Å². The predicted molar refractivity (Wildman–Crippen MR) is 41.6 cm³/mol. The average Bonchev–Trinajstić information content (AvgIpc) is 2.39. The van der Waals surface area contributed by atoms with Crippen LogP contribution in [0, 0.1) is 0 Å². The van der Waals surface area contributed by atoms with E-state index in [1.807, 2.05) is 0 Å². The van der Waals surface area contributed by atoms with Gasteiger partial charge in [-0.1, -0.05) is 0 Å². The minimum absolute atomic E-state index is 0.472. The van der Waals surface area contributed by atoms with Crippen LogP contribution < -0.4 is 5.73 Å². The third-order valence-electron chi connectivity index (χ3n) is 1.46. The zero-order chi connectivity index (χ0) is 7.82. The molecule has 0 aromatic rings. The van der Waals surface area contributed by atoms with E-state index in [1.165, 1.54) is 25.9 Å². The van der Waals surface area contributed by atoms with E-state index >= 15 is 0 Å². The quantitative estimate of drug-likeness (QED) is 0.760. The van der Waals surface area contributed by atoms with Gasteiger partial charge in [-0.05, 0) is 25.9 Å². The first kappa shape index (κ1) is 11.2. The molecule has 0 unspecified atom stereocenters. The van der Waals surface area contributed by atoms with Crippen molar-refractivity contribution >= 4 is 18.8 Å². The normalized spacial score (nSPS) is 18.7. The van der Waals surface area contributed by atoms with Gasteiger partial charge >= 0.3 is 35.3 Å². The van der Waals surface area contributed by atoms with Gasteiger partial charge in [0.15, 0.2) is 0 Å². The Bertz CT molecular complexity index is 68.7. The third-order valence-corrected chi connectivity index (χ3v) is 1.46. The fraction of sp³-hybridized carbons (Fsp3) is 1.00. The Morgan fingerprint density at radius 1 is 1.30 bits per heavy atom. The van der Waals surface area contributed by atoms with Gasteiger partial charge in [0.2, 0.25) is 0 Å². The molecule has 0 aromatic carbocycles. The van der Waals surface area contributed by atoms with Crippen LogP contribution in [0.2, 0.25) is 0 Å². The monoisotopic (exact) mass is 365 g/mol. The van der Waals surface area contributed by atoms with Crippen molar-refractivity contribution in [2.45, 2.75) is 12.8 Å². The summed E-state index contributed by atoms with van der Waals surface area (Å²) in [4.78, 5) is 2.26. The topological polar surface area (TPSA) is 29.3 Å². The molecule has 0 radical (unpaired) electrons. The maximum absolute atomic E-state index is 5.36. The van der Waals surface area contributed by atoms with Gasteiger partial charge in [-0.2, -0.15) is 0 Å². The number of hydrogen-bond donors (Lipinski definition) is 1. The van der Waals surface area contributed by atoms with Crippen molar-refractivity contribution in [1.29, 1.82) is 0 Å². The molecule has 5 heteroatoms. The summed E-state index contributed by atoms with van der Waals surface area (Å²) < 4.78 is 0. The predicted octanol–water partition coefficient (Wildman–Crippen LogP) is 1.37. The molecule has 0 saturated carbocycles. The molecule has 1 aliphatic heterocycles. The summed E-state index contributed by atoms with van der Waals surface area (Å²) in [5.74, 6) is 0. The van der Waals surface area contributed by atoms with Gasteiger partial charge < -0.3 is 5.73 Å². The van der Waals surface area contributed by atoms with Crippen molar-refractivity contribution in [1.82, 2.24) is 4.90 Å². The molecule has 10 heavy (non-hydrogen) atoms. The zero-order valence-electron chi connectivity index (χ0n) is 5.63. The molecule has 1 heterocycles. The molecule has 2 N–H and O–H groups in total. The molecule has 0 aliphatic carbocycles. The molecular weight excluding hydrogens is 354 g/mol. The summed E-state index contributed by atoms with van der Waals surface area (Å²) in [5, 5.41) is 0. The molecule has 1 aliphatic rings. The van der Waals surface area contributed by atoms with Crippen molar-refractivity contribution in [2.75, 3.05) is 19.8 Å². The SMILES string of the molecule is NCN1CCCC1.[Cl][Pt][Cl]. The van der Waals surface area contributed by atoms with Gasteiger partial charge in [0, 0.05) is 6.67 Å². The van der Waals surface area contributed by atoms with Crippen LogP contribution in [0.5, 0.6) is 0 Å². The Morgan fingerprint density at radius 3 is 1.90 bits per heavy atom. The number of halogens is 2. The number of likely N-dealkylation sites (tertiary alicyclic amines) is 1. The van der Waals surface area contributed by atoms with Crippen molar-refractivity contribution < 1.29 is 16.5 Å². The van der Waals surface area contributed by atoms with E-state index in [2.05, 4.69) is 4.90 Å². The molecule has 1 saturated heterocycles. The zero-order valence-corrected chi connectivity index (χ0v) is 9.42. The first-order valence-corrected chi connectivity index (χ1v) is 8.73. The molecule has 0 bridgehead atoms. The van der Waals surface area contributed by atoms with Crippen LogP contribution >= 0.6 is 18.8 Å². The molecule has 0 amide bonds. The van der Waals surface area contributed by atoms with Crippen LogP contribution in [0.3, 0.4) is 0 Å². The van der Waals surface area contributed by atoms with Crippen LogP contribution in [-0.4, -0.2) is 24.7 Å². The fourth-order valence-corrected chi connectivity index (χ4v) is 0.965. The molecule has 0 aromatic heterocycles. The maximum atomic E-state index is 5.36. The second kappa shape index (κ2) is 8.29. The van der Waals surface area contributed by atoms with E-state index in [1.54, 1.807) is 0 Å². The number of nitrogens with two attached hydrogens (primary N) is 1. The van der Waals surface area contributed by atoms with Crippen LogP contribution in [0.1, 0.15) is 12.8 Å². The molecule has 1 rings (SSSR count). The second-order valence-corrected chi connectivity index (χ2v) is 5.34. The Kier molecular flexibility index (Phi) is 9.27. The summed E-state index contributed by atoms with van der Waals surface area (Å²) in [7, 11) is 9.75. The van der Waals surface area contributed by atoms with Gasteiger partial charge in [-0.15, -0.1) is 0 Å². The van der Waals surface area contributed by atoms with Gasteiger partial charge in [0.05, 0.1) is 0 Å². The van der Waals surface area contributed by atoms with Gasteiger partial charge in [0.1, 0.15) is 0 Å². The number of rotatable bonds is 1. The van der Waals surface area contributed by atoms with E-state index < -0.39 is 16.5 Å². The molecule has 66 valence electrons. The molecule has 2 nitrogen and oxygen atoms in total. The van der Waals surface area contributed by atoms with Crippen LogP contribution in [0.15, 0.2) is 0 Å². The molecule has 0 spiro atoms. The van der Waals surface area contributed by atoms with E-state index in [-0.39, 0.29) is 0 Å². The van der Waals surface area contributed by atoms with Crippen LogP contribution in [0.25, 0.3) is 0 Å². The van der Waals surface area contributed by atoms with Crippen LogP contribution in [-0.2, 0) is 16.5 Å². The summed E-state index contributed by atoms with van der Waals surface area (Å²) in [5.41, 5.74) is 5.36. The standard InChI is InChI=1S/C5H12N2.2ClH.Pt/c6-5-7-3-1-2-4-7;;;/h1-6H2;2*1H;/q;;;+2/p-2. The van der Waals surface area contributed by atoms with E-state index in [0.29, 0.717) is 0 Å². The molecule has 1 fully saturated rings. The van der Waals surface area contributed by atoms with Crippen LogP contribution in [0.4, 0.5) is 0 Å². The fourth-order valence-electron chi connectivity index (χ4n) is 0.965. The Labute approximate surface area is 78.4 Å². The van der Waals surface area contributed by atoms with Gasteiger partial charge in [0.25, 0.3) is 0 Å². The van der Waals surface area contributed by atoms with Crippen molar-refractivity contribution in [3.8, 4) is 0 Å². The Balaban J connectivity index is 0.000000236. The van der Waals surface area contributed by atoms with Crippen molar-refractivity contribution in [3.05, 3.63) is 0 Å². The Morgan fingerprint density at radius 2 is 1.70 bits per heavy atom. The molecule has 0 atom stereocenters. The summed E-state index contributed by atoms with van der Waals surface area (Å²) >= 11 is -0.472. The van der Waals surface area contributed by atoms with E-state index in [0.717, 1.165) is 6.67 Å². The summed E-state index contributed by atoms with van der Waals surface area (Å²) in [6.07, 6.45) is 2.69.